The Kier molecular flexibility index (Phi) is 4.26. The molecule has 2 aromatic rings. The average Bonchev–Trinajstić information content (AvgIpc) is 2.33. The molecule has 0 aliphatic carbocycles. The maximum atomic E-state index is 6.09. The largest absolute Gasteiger partial charge is 0.339 e. The molecular weight excluding hydrogens is 323 g/mol. The molecule has 2 rings (SSSR count). The van der Waals surface area contributed by atoms with Crippen LogP contribution in [-0.4, -0.2) is 4.98 Å². The van der Waals surface area contributed by atoms with E-state index in [1.807, 2.05) is 24.3 Å². The highest BCUT2D eigenvalue weighted by molar-refractivity contribution is 9.10. The number of nitrogens with zero attached hydrogens (tertiary/aromatic N) is 1. The maximum absolute atomic E-state index is 6.09. The van der Waals surface area contributed by atoms with Gasteiger partial charge < -0.3 is 5.32 Å². The van der Waals surface area contributed by atoms with Crippen LogP contribution >= 0.6 is 39.1 Å². The van der Waals surface area contributed by atoms with Gasteiger partial charge in [0.25, 0.3) is 0 Å². The third-order valence-electron chi connectivity index (χ3n) is 2.22. The van der Waals surface area contributed by atoms with Gasteiger partial charge >= 0.3 is 0 Å². The van der Waals surface area contributed by atoms with Gasteiger partial charge in [-0.2, -0.15) is 0 Å². The van der Waals surface area contributed by atoms with Gasteiger partial charge in [-0.3, -0.25) is 0 Å². The predicted octanol–water partition coefficient (Wildman–Crippen LogP) is 4.98. The molecule has 0 aliphatic rings. The standard InChI is InChI=1S/C12H9BrCl2N2/c13-9-5-10(15)12(16-7-9)17-11-4-2-1-3-8(11)6-14/h1-5,7H,6H2,(H,16,17). The third kappa shape index (κ3) is 3.12. The number of anilines is 2. The number of hydrogen-bond donors (Lipinski definition) is 1. The summed E-state index contributed by atoms with van der Waals surface area (Å²) in [7, 11) is 0. The van der Waals surface area contributed by atoms with Crippen LogP contribution in [0.15, 0.2) is 41.0 Å². The number of benzene rings is 1. The van der Waals surface area contributed by atoms with Crippen molar-refractivity contribution in [3.63, 3.8) is 0 Å². The SMILES string of the molecule is ClCc1ccccc1Nc1ncc(Br)cc1Cl. The molecule has 5 heteroatoms. The van der Waals surface area contributed by atoms with E-state index in [4.69, 9.17) is 23.2 Å². The second kappa shape index (κ2) is 5.71. The Hall–Kier alpha value is -0.770. The summed E-state index contributed by atoms with van der Waals surface area (Å²) < 4.78 is 0.846. The summed E-state index contributed by atoms with van der Waals surface area (Å²) in [5, 5.41) is 3.73. The molecule has 0 spiro atoms. The lowest BCUT2D eigenvalue weighted by Crippen LogP contribution is -1.97. The zero-order valence-corrected chi connectivity index (χ0v) is 11.9. The highest BCUT2D eigenvalue weighted by Gasteiger charge is 2.05. The van der Waals surface area contributed by atoms with Crippen LogP contribution in [0.2, 0.25) is 5.02 Å². The number of hydrogen-bond acceptors (Lipinski definition) is 2. The van der Waals surface area contributed by atoms with Crippen LogP contribution in [0.4, 0.5) is 11.5 Å². The maximum Gasteiger partial charge on any atom is 0.149 e. The van der Waals surface area contributed by atoms with Crippen LogP contribution in [0.1, 0.15) is 5.56 Å². The van der Waals surface area contributed by atoms with Gasteiger partial charge in [-0.05, 0) is 33.6 Å². The molecule has 0 bridgehead atoms. The molecule has 17 heavy (non-hydrogen) atoms. The normalized spacial score (nSPS) is 10.3. The number of rotatable bonds is 3. The Balaban J connectivity index is 2.31. The van der Waals surface area contributed by atoms with Crippen molar-refractivity contribution >= 4 is 50.6 Å². The summed E-state index contributed by atoms with van der Waals surface area (Å²) >= 11 is 15.3. The van der Waals surface area contributed by atoms with Gasteiger partial charge in [-0.1, -0.05) is 29.8 Å². The van der Waals surface area contributed by atoms with Crippen molar-refractivity contribution in [2.24, 2.45) is 0 Å². The molecule has 1 aromatic carbocycles. The summed E-state index contributed by atoms with van der Waals surface area (Å²) in [4.78, 5) is 4.22. The fourth-order valence-corrected chi connectivity index (χ4v) is 2.30. The van der Waals surface area contributed by atoms with E-state index in [0.29, 0.717) is 16.7 Å². The summed E-state index contributed by atoms with van der Waals surface area (Å²) in [6.45, 7) is 0. The minimum Gasteiger partial charge on any atom is -0.339 e. The van der Waals surface area contributed by atoms with Crippen molar-refractivity contribution in [1.82, 2.24) is 4.98 Å². The van der Waals surface area contributed by atoms with E-state index in [9.17, 15) is 0 Å². The Morgan fingerprint density at radius 3 is 2.76 bits per heavy atom. The predicted molar refractivity (Wildman–Crippen MR) is 76.2 cm³/mol. The molecule has 0 unspecified atom stereocenters. The van der Waals surface area contributed by atoms with E-state index >= 15 is 0 Å². The minimum atomic E-state index is 0.442. The average molecular weight is 332 g/mol. The zero-order chi connectivity index (χ0) is 12.3. The molecule has 88 valence electrons. The summed E-state index contributed by atoms with van der Waals surface area (Å²) in [5.41, 5.74) is 1.93. The van der Waals surface area contributed by atoms with E-state index in [1.54, 1.807) is 12.3 Å². The molecule has 2 nitrogen and oxygen atoms in total. The highest BCUT2D eigenvalue weighted by atomic mass is 79.9. The van der Waals surface area contributed by atoms with Crippen molar-refractivity contribution in [1.29, 1.82) is 0 Å². The van der Waals surface area contributed by atoms with Crippen molar-refractivity contribution < 1.29 is 0 Å². The summed E-state index contributed by atoms with van der Waals surface area (Å²) in [6.07, 6.45) is 1.69. The van der Waals surface area contributed by atoms with Gasteiger partial charge in [0.2, 0.25) is 0 Å². The molecule has 1 aromatic heterocycles. The number of pyridine rings is 1. The lowest BCUT2D eigenvalue weighted by molar-refractivity contribution is 1.28. The second-order valence-electron chi connectivity index (χ2n) is 3.40. The minimum absolute atomic E-state index is 0.442. The first kappa shape index (κ1) is 12.7. The monoisotopic (exact) mass is 330 g/mol. The van der Waals surface area contributed by atoms with Crippen molar-refractivity contribution in [3.8, 4) is 0 Å². The Morgan fingerprint density at radius 1 is 1.29 bits per heavy atom. The molecule has 0 fully saturated rings. The molecular formula is C12H9BrCl2N2. The fraction of sp³-hybridized carbons (Fsp3) is 0.0833. The van der Waals surface area contributed by atoms with E-state index in [2.05, 4.69) is 26.2 Å². The summed E-state index contributed by atoms with van der Waals surface area (Å²) in [5.74, 6) is 1.06. The van der Waals surface area contributed by atoms with Crippen LogP contribution in [0, 0.1) is 0 Å². The third-order valence-corrected chi connectivity index (χ3v) is 3.23. The first-order valence-corrected chi connectivity index (χ1v) is 6.63. The molecule has 1 N–H and O–H groups in total. The topological polar surface area (TPSA) is 24.9 Å². The first-order chi connectivity index (χ1) is 8.20. The van der Waals surface area contributed by atoms with E-state index in [-0.39, 0.29) is 0 Å². The molecule has 0 aliphatic heterocycles. The van der Waals surface area contributed by atoms with Gasteiger partial charge in [0.15, 0.2) is 0 Å². The Morgan fingerprint density at radius 2 is 2.06 bits per heavy atom. The zero-order valence-electron chi connectivity index (χ0n) is 8.75. The Bertz CT molecular complexity index is 532. The summed E-state index contributed by atoms with van der Waals surface area (Å²) in [6, 6.07) is 9.57. The van der Waals surface area contributed by atoms with Crippen molar-refractivity contribution in [2.45, 2.75) is 5.88 Å². The van der Waals surface area contributed by atoms with Crippen LogP contribution in [0.25, 0.3) is 0 Å². The van der Waals surface area contributed by atoms with E-state index in [1.165, 1.54) is 0 Å². The molecule has 0 saturated heterocycles. The van der Waals surface area contributed by atoms with Crippen LogP contribution in [0.5, 0.6) is 0 Å². The van der Waals surface area contributed by atoms with Crippen LogP contribution in [-0.2, 0) is 5.88 Å². The second-order valence-corrected chi connectivity index (χ2v) is 4.99. The van der Waals surface area contributed by atoms with Crippen molar-refractivity contribution in [3.05, 3.63) is 51.6 Å². The van der Waals surface area contributed by atoms with E-state index in [0.717, 1.165) is 15.7 Å². The van der Waals surface area contributed by atoms with Gasteiger partial charge in [-0.25, -0.2) is 4.98 Å². The van der Waals surface area contributed by atoms with Gasteiger partial charge in [-0.15, -0.1) is 11.6 Å². The van der Waals surface area contributed by atoms with Crippen molar-refractivity contribution in [2.75, 3.05) is 5.32 Å². The molecule has 0 amide bonds. The van der Waals surface area contributed by atoms with Gasteiger partial charge in [0.05, 0.1) is 5.02 Å². The lowest BCUT2D eigenvalue weighted by atomic mass is 10.2. The van der Waals surface area contributed by atoms with E-state index < -0.39 is 0 Å². The smallest absolute Gasteiger partial charge is 0.149 e. The molecule has 0 saturated carbocycles. The number of nitrogens with one attached hydrogen (secondary N) is 1. The van der Waals surface area contributed by atoms with Gasteiger partial charge in [0, 0.05) is 22.2 Å². The Labute approximate surface area is 118 Å². The highest BCUT2D eigenvalue weighted by Crippen LogP contribution is 2.27. The molecule has 0 radical (unpaired) electrons. The fourth-order valence-electron chi connectivity index (χ4n) is 1.39. The molecule has 0 atom stereocenters. The first-order valence-electron chi connectivity index (χ1n) is 4.92. The lowest BCUT2D eigenvalue weighted by Gasteiger charge is -2.10. The number of aromatic nitrogens is 1. The quantitative estimate of drug-likeness (QED) is 0.802. The molecule has 1 heterocycles. The van der Waals surface area contributed by atoms with Gasteiger partial charge in [0.1, 0.15) is 5.82 Å². The number of para-hydroxylation sites is 1. The number of alkyl halides is 1. The number of halogens is 3. The van der Waals surface area contributed by atoms with Crippen LogP contribution in [0.3, 0.4) is 0 Å². The van der Waals surface area contributed by atoms with Crippen LogP contribution < -0.4 is 5.32 Å².